The molecule has 6 heteroatoms. The molecule has 0 atom stereocenters. The van der Waals surface area contributed by atoms with Crippen molar-refractivity contribution in [2.45, 2.75) is 20.3 Å². The minimum Gasteiger partial charge on any atom is -0.510 e. The highest BCUT2D eigenvalue weighted by atomic mass is 32.1. The van der Waals surface area contributed by atoms with Crippen LogP contribution in [0, 0.1) is 19.3 Å². The maximum absolute atomic E-state index is 10.6. The number of hydrogen-bond donors (Lipinski definition) is 2. The van der Waals surface area contributed by atoms with E-state index in [0.29, 0.717) is 29.5 Å². The number of benzene rings is 2. The lowest BCUT2D eigenvalue weighted by molar-refractivity contribution is 0.351. The zero-order chi connectivity index (χ0) is 21.3. The standard InChI is InChI=1S/C24H25N3O2S/c1-15-4-8-18(9-5-15)22-16(2)30-24(26-22)21-20(28)14-27(23(21)25)13-12-17-6-10-19(29-3)11-7-17/h4-11,25,28H,12-14H2,1-3H3. The normalized spacial score (nSPS) is 14.0. The molecule has 154 valence electrons. The van der Waals surface area contributed by atoms with Gasteiger partial charge in [-0.1, -0.05) is 42.0 Å². The Morgan fingerprint density at radius 3 is 2.47 bits per heavy atom. The molecule has 0 bridgehead atoms. The summed E-state index contributed by atoms with van der Waals surface area (Å²) in [6.07, 6.45) is 0.790. The minimum absolute atomic E-state index is 0.221. The first-order valence-electron chi connectivity index (χ1n) is 9.90. The fourth-order valence-electron chi connectivity index (χ4n) is 3.59. The lowest BCUT2D eigenvalue weighted by atomic mass is 10.1. The number of ether oxygens (including phenoxy) is 1. The molecule has 3 aromatic rings. The van der Waals surface area contributed by atoms with Gasteiger partial charge in [-0.3, -0.25) is 5.41 Å². The van der Waals surface area contributed by atoms with E-state index >= 15 is 0 Å². The summed E-state index contributed by atoms with van der Waals surface area (Å²) >= 11 is 1.53. The predicted molar refractivity (Wildman–Crippen MR) is 123 cm³/mol. The van der Waals surface area contributed by atoms with Crippen LogP contribution in [0.25, 0.3) is 16.8 Å². The van der Waals surface area contributed by atoms with E-state index in [1.807, 2.05) is 36.1 Å². The first-order valence-corrected chi connectivity index (χ1v) is 10.7. The Labute approximate surface area is 180 Å². The van der Waals surface area contributed by atoms with E-state index in [9.17, 15) is 5.11 Å². The van der Waals surface area contributed by atoms with Gasteiger partial charge in [0.2, 0.25) is 0 Å². The van der Waals surface area contributed by atoms with Gasteiger partial charge < -0.3 is 14.7 Å². The topological polar surface area (TPSA) is 69.4 Å². The Morgan fingerprint density at radius 2 is 1.80 bits per heavy atom. The molecule has 1 aliphatic heterocycles. The van der Waals surface area contributed by atoms with Crippen molar-refractivity contribution in [2.24, 2.45) is 0 Å². The summed E-state index contributed by atoms with van der Waals surface area (Å²) < 4.78 is 5.20. The van der Waals surface area contributed by atoms with Crippen LogP contribution in [0.2, 0.25) is 0 Å². The molecule has 30 heavy (non-hydrogen) atoms. The molecule has 0 amide bonds. The average Bonchev–Trinajstić information content (AvgIpc) is 3.26. The largest absolute Gasteiger partial charge is 0.510 e. The second kappa shape index (κ2) is 8.32. The molecule has 0 saturated heterocycles. The quantitative estimate of drug-likeness (QED) is 0.573. The minimum atomic E-state index is 0.221. The average molecular weight is 420 g/mol. The fraction of sp³-hybridized carbons (Fsp3) is 0.250. The van der Waals surface area contributed by atoms with Crippen molar-refractivity contribution < 1.29 is 9.84 Å². The number of amidine groups is 1. The van der Waals surface area contributed by atoms with Gasteiger partial charge in [0.1, 0.15) is 22.4 Å². The number of aliphatic hydroxyl groups excluding tert-OH is 1. The maximum atomic E-state index is 10.6. The smallest absolute Gasteiger partial charge is 0.135 e. The van der Waals surface area contributed by atoms with Crippen LogP contribution in [0.15, 0.2) is 54.3 Å². The van der Waals surface area contributed by atoms with Crippen molar-refractivity contribution in [2.75, 3.05) is 20.2 Å². The molecule has 5 nitrogen and oxygen atoms in total. The Morgan fingerprint density at radius 1 is 1.10 bits per heavy atom. The van der Waals surface area contributed by atoms with Crippen LogP contribution < -0.4 is 4.74 Å². The van der Waals surface area contributed by atoms with E-state index in [1.54, 1.807) is 7.11 Å². The predicted octanol–water partition coefficient (Wildman–Crippen LogP) is 5.24. The third kappa shape index (κ3) is 3.96. The Kier molecular flexibility index (Phi) is 5.59. The van der Waals surface area contributed by atoms with Gasteiger partial charge in [-0.05, 0) is 38.0 Å². The number of nitrogens with zero attached hydrogens (tertiary/aromatic N) is 2. The molecule has 0 unspecified atom stereocenters. The van der Waals surface area contributed by atoms with Gasteiger partial charge in [0.25, 0.3) is 0 Å². The highest BCUT2D eigenvalue weighted by molar-refractivity contribution is 7.13. The van der Waals surface area contributed by atoms with Gasteiger partial charge in [0.15, 0.2) is 0 Å². The zero-order valence-electron chi connectivity index (χ0n) is 17.4. The van der Waals surface area contributed by atoms with Crippen molar-refractivity contribution in [1.29, 1.82) is 5.41 Å². The number of aromatic nitrogens is 1. The van der Waals surface area contributed by atoms with Crippen molar-refractivity contribution in [3.63, 3.8) is 0 Å². The van der Waals surface area contributed by atoms with Crippen LogP contribution in [0.5, 0.6) is 5.75 Å². The first kappa shape index (κ1) is 20.2. The summed E-state index contributed by atoms with van der Waals surface area (Å²) in [5.41, 5.74) is 4.90. The molecule has 2 N–H and O–H groups in total. The first-order chi connectivity index (χ1) is 14.5. The molecule has 1 aliphatic rings. The van der Waals surface area contributed by atoms with Crippen LogP contribution in [0.3, 0.4) is 0 Å². The summed E-state index contributed by atoms with van der Waals surface area (Å²) in [6, 6.07) is 16.2. The van der Waals surface area contributed by atoms with Gasteiger partial charge in [0.05, 0.1) is 24.9 Å². The molecule has 0 radical (unpaired) electrons. The number of thiazole rings is 1. The summed E-state index contributed by atoms with van der Waals surface area (Å²) in [6.45, 7) is 5.11. The van der Waals surface area contributed by atoms with Gasteiger partial charge >= 0.3 is 0 Å². The highest BCUT2D eigenvalue weighted by Crippen LogP contribution is 2.35. The van der Waals surface area contributed by atoms with Crippen LogP contribution >= 0.6 is 11.3 Å². The monoisotopic (exact) mass is 419 g/mol. The summed E-state index contributed by atoms with van der Waals surface area (Å²) in [7, 11) is 1.65. The molecule has 0 aliphatic carbocycles. The van der Waals surface area contributed by atoms with E-state index in [1.165, 1.54) is 22.5 Å². The van der Waals surface area contributed by atoms with Crippen molar-refractivity contribution >= 4 is 22.7 Å². The molecule has 2 heterocycles. The van der Waals surface area contributed by atoms with Crippen LogP contribution in [0.4, 0.5) is 0 Å². The van der Waals surface area contributed by atoms with Gasteiger partial charge in [0, 0.05) is 17.0 Å². The third-order valence-corrected chi connectivity index (χ3v) is 6.34. The number of hydrogen-bond acceptors (Lipinski definition) is 5. The van der Waals surface area contributed by atoms with E-state index in [2.05, 4.69) is 31.2 Å². The Hall–Kier alpha value is -3.12. The summed E-state index contributed by atoms with van der Waals surface area (Å²) in [4.78, 5) is 7.77. The summed E-state index contributed by atoms with van der Waals surface area (Å²) in [5, 5.41) is 19.9. The lowest BCUT2D eigenvalue weighted by Gasteiger charge is -2.18. The molecule has 2 aromatic carbocycles. The SMILES string of the molecule is COc1ccc(CCN2CC(O)=C(c3nc(-c4ccc(C)cc4)c(C)s3)C2=N)cc1. The Bertz CT molecular complexity index is 1100. The van der Waals surface area contributed by atoms with Crippen LogP contribution in [-0.2, 0) is 6.42 Å². The second-order valence-electron chi connectivity index (χ2n) is 7.48. The van der Waals surface area contributed by atoms with Crippen LogP contribution in [0.1, 0.15) is 21.0 Å². The van der Waals surface area contributed by atoms with E-state index in [4.69, 9.17) is 15.1 Å². The summed E-state index contributed by atoms with van der Waals surface area (Å²) in [5.74, 6) is 1.39. The molecule has 0 spiro atoms. The van der Waals surface area contributed by atoms with E-state index in [-0.39, 0.29) is 5.76 Å². The van der Waals surface area contributed by atoms with Gasteiger partial charge in [-0.15, -0.1) is 11.3 Å². The molecular weight excluding hydrogens is 394 g/mol. The molecule has 4 rings (SSSR count). The number of nitrogens with one attached hydrogen (secondary N) is 1. The van der Waals surface area contributed by atoms with E-state index in [0.717, 1.165) is 28.3 Å². The molecule has 0 fully saturated rings. The van der Waals surface area contributed by atoms with E-state index < -0.39 is 0 Å². The van der Waals surface area contributed by atoms with Gasteiger partial charge in [-0.25, -0.2) is 4.98 Å². The number of aryl methyl sites for hydroxylation is 2. The van der Waals surface area contributed by atoms with Gasteiger partial charge in [-0.2, -0.15) is 0 Å². The van der Waals surface area contributed by atoms with Crippen LogP contribution in [-0.4, -0.2) is 41.0 Å². The zero-order valence-corrected chi connectivity index (χ0v) is 18.2. The lowest BCUT2D eigenvalue weighted by Crippen LogP contribution is -2.28. The van der Waals surface area contributed by atoms with Crippen molar-refractivity contribution in [3.05, 3.63) is 75.3 Å². The number of methoxy groups -OCH3 is 1. The highest BCUT2D eigenvalue weighted by Gasteiger charge is 2.30. The number of rotatable bonds is 6. The maximum Gasteiger partial charge on any atom is 0.135 e. The second-order valence-corrected chi connectivity index (χ2v) is 8.68. The van der Waals surface area contributed by atoms with Crippen molar-refractivity contribution in [1.82, 2.24) is 9.88 Å². The molecule has 1 aromatic heterocycles. The fourth-order valence-corrected chi connectivity index (χ4v) is 4.59. The third-order valence-electron chi connectivity index (χ3n) is 5.35. The number of aliphatic hydroxyl groups is 1. The molecule has 0 saturated carbocycles. The Balaban J connectivity index is 1.49. The molecular formula is C24H25N3O2S. The van der Waals surface area contributed by atoms with Crippen molar-refractivity contribution in [3.8, 4) is 17.0 Å².